The molecule has 0 bridgehead atoms. The number of nitrogens with one attached hydrogen (secondary N) is 1. The van der Waals surface area contributed by atoms with E-state index in [0.717, 1.165) is 12.8 Å². The van der Waals surface area contributed by atoms with Crippen molar-refractivity contribution in [2.45, 2.75) is 30.6 Å². The van der Waals surface area contributed by atoms with Gasteiger partial charge in [-0.25, -0.2) is 8.42 Å². The lowest BCUT2D eigenvalue weighted by atomic mass is 10.0. The van der Waals surface area contributed by atoms with Gasteiger partial charge >= 0.3 is 0 Å². The summed E-state index contributed by atoms with van der Waals surface area (Å²) in [5.41, 5.74) is 1.63. The minimum atomic E-state index is -3.44. The Balaban J connectivity index is 1.62. The maximum Gasteiger partial charge on any atom is 0.251 e. The van der Waals surface area contributed by atoms with Gasteiger partial charge in [0.2, 0.25) is 10.0 Å². The summed E-state index contributed by atoms with van der Waals surface area (Å²) < 4.78 is 26.5. The van der Waals surface area contributed by atoms with E-state index in [-0.39, 0.29) is 16.7 Å². The number of rotatable bonds is 6. The Hall–Kier alpha value is -2.18. The van der Waals surface area contributed by atoms with Gasteiger partial charge in [-0.15, -0.1) is 0 Å². The van der Waals surface area contributed by atoms with E-state index in [0.29, 0.717) is 25.2 Å². The van der Waals surface area contributed by atoms with Gasteiger partial charge in [-0.05, 0) is 48.6 Å². The van der Waals surface area contributed by atoms with Gasteiger partial charge in [0.15, 0.2) is 0 Å². The first-order valence-corrected chi connectivity index (χ1v) is 10.4. The minimum Gasteiger partial charge on any atom is -0.351 e. The maximum absolute atomic E-state index is 12.5. The number of amides is 1. The first kappa shape index (κ1) is 18.6. The highest BCUT2D eigenvalue weighted by molar-refractivity contribution is 7.89. The van der Waals surface area contributed by atoms with E-state index in [9.17, 15) is 13.2 Å². The molecular weight excluding hydrogens is 348 g/mol. The smallest absolute Gasteiger partial charge is 0.251 e. The third-order valence-electron chi connectivity index (χ3n) is 4.76. The molecule has 1 N–H and O–H groups in total. The van der Waals surface area contributed by atoms with Crippen LogP contribution in [0.25, 0.3) is 0 Å². The van der Waals surface area contributed by atoms with Gasteiger partial charge in [-0.1, -0.05) is 37.3 Å². The third-order valence-corrected chi connectivity index (χ3v) is 6.67. The molecule has 1 saturated heterocycles. The fraction of sp³-hybridized carbons (Fsp3) is 0.350. The van der Waals surface area contributed by atoms with Crippen molar-refractivity contribution in [2.24, 2.45) is 0 Å². The van der Waals surface area contributed by atoms with Crippen molar-refractivity contribution in [3.8, 4) is 0 Å². The van der Waals surface area contributed by atoms with Crippen molar-refractivity contribution in [1.82, 2.24) is 9.62 Å². The molecule has 1 aliphatic rings. The summed E-state index contributed by atoms with van der Waals surface area (Å²) in [6.45, 7) is 3.72. The van der Waals surface area contributed by atoms with E-state index in [1.807, 2.05) is 30.3 Å². The van der Waals surface area contributed by atoms with Crippen LogP contribution in [0.3, 0.4) is 0 Å². The highest BCUT2D eigenvalue weighted by Crippen LogP contribution is 2.21. The Morgan fingerprint density at radius 1 is 1.04 bits per heavy atom. The molecule has 0 spiro atoms. The zero-order valence-corrected chi connectivity index (χ0v) is 15.7. The summed E-state index contributed by atoms with van der Waals surface area (Å²) in [4.78, 5) is 12.6. The van der Waals surface area contributed by atoms with E-state index >= 15 is 0 Å². The van der Waals surface area contributed by atoms with E-state index < -0.39 is 10.0 Å². The van der Waals surface area contributed by atoms with Crippen LogP contribution in [0.1, 0.15) is 41.6 Å². The van der Waals surface area contributed by atoms with Crippen molar-refractivity contribution >= 4 is 15.9 Å². The zero-order chi connectivity index (χ0) is 18.6. The summed E-state index contributed by atoms with van der Waals surface area (Å²) in [6.07, 6.45) is 1.80. The Kier molecular flexibility index (Phi) is 5.74. The van der Waals surface area contributed by atoms with Crippen LogP contribution in [-0.4, -0.2) is 38.3 Å². The molecule has 26 heavy (non-hydrogen) atoms. The highest BCUT2D eigenvalue weighted by Gasteiger charge is 2.27. The lowest BCUT2D eigenvalue weighted by molar-refractivity contribution is 0.0951. The average Bonchev–Trinajstić information content (AvgIpc) is 3.22. The number of benzene rings is 2. The van der Waals surface area contributed by atoms with Gasteiger partial charge in [0.25, 0.3) is 5.91 Å². The summed E-state index contributed by atoms with van der Waals surface area (Å²) >= 11 is 0. The van der Waals surface area contributed by atoms with E-state index in [4.69, 9.17) is 0 Å². The molecule has 138 valence electrons. The van der Waals surface area contributed by atoms with Gasteiger partial charge in [-0.3, -0.25) is 4.79 Å². The number of sulfonamides is 1. The fourth-order valence-corrected chi connectivity index (χ4v) is 4.62. The van der Waals surface area contributed by atoms with Crippen molar-refractivity contribution in [2.75, 3.05) is 19.6 Å². The second kappa shape index (κ2) is 8.01. The first-order valence-electron chi connectivity index (χ1n) is 8.92. The van der Waals surface area contributed by atoms with Crippen LogP contribution >= 0.6 is 0 Å². The van der Waals surface area contributed by atoms with Crippen LogP contribution in [-0.2, 0) is 10.0 Å². The van der Waals surface area contributed by atoms with Crippen LogP contribution in [0.5, 0.6) is 0 Å². The van der Waals surface area contributed by atoms with Crippen molar-refractivity contribution in [3.05, 3.63) is 65.7 Å². The maximum atomic E-state index is 12.5. The molecule has 5 nitrogen and oxygen atoms in total. The second-order valence-electron chi connectivity index (χ2n) is 6.66. The van der Waals surface area contributed by atoms with E-state index in [1.54, 1.807) is 12.1 Å². The molecule has 6 heteroatoms. The molecule has 1 amide bonds. The standard InChI is InChI=1S/C20H24N2O3S/c1-16(17-7-3-2-4-8-17)15-21-20(23)18-9-11-19(12-10-18)26(24,25)22-13-5-6-14-22/h2-4,7-12,16H,5-6,13-15H2,1H3,(H,21,23)/t16-/m1/s1. The number of nitrogens with zero attached hydrogens (tertiary/aromatic N) is 1. The van der Waals surface area contributed by atoms with Crippen LogP contribution in [0.15, 0.2) is 59.5 Å². The molecule has 2 aromatic rings. The monoisotopic (exact) mass is 372 g/mol. The number of hydrogen-bond donors (Lipinski definition) is 1. The molecule has 0 radical (unpaired) electrons. The summed E-state index contributed by atoms with van der Waals surface area (Å²) in [5.74, 6) is 0.00729. The molecule has 0 aromatic heterocycles. The predicted molar refractivity (Wildman–Crippen MR) is 102 cm³/mol. The molecule has 0 unspecified atom stereocenters. The number of carbonyl (C=O) groups is 1. The number of carbonyl (C=O) groups excluding carboxylic acids is 1. The normalized spacial score (nSPS) is 16.3. The van der Waals surface area contributed by atoms with Gasteiger partial charge in [0.1, 0.15) is 0 Å². The van der Waals surface area contributed by atoms with Crippen molar-refractivity contribution < 1.29 is 13.2 Å². The lowest BCUT2D eigenvalue weighted by Gasteiger charge is -2.16. The summed E-state index contributed by atoms with van der Waals surface area (Å²) in [5, 5.41) is 2.91. The molecular formula is C20H24N2O3S. The zero-order valence-electron chi connectivity index (χ0n) is 14.9. The minimum absolute atomic E-state index is 0.196. The Bertz CT molecular complexity index is 842. The fourth-order valence-electron chi connectivity index (χ4n) is 3.10. The van der Waals surface area contributed by atoms with Gasteiger partial charge < -0.3 is 5.32 Å². The summed E-state index contributed by atoms with van der Waals surface area (Å²) in [6, 6.07) is 16.2. The molecule has 1 fully saturated rings. The number of hydrogen-bond acceptors (Lipinski definition) is 3. The largest absolute Gasteiger partial charge is 0.351 e. The summed E-state index contributed by atoms with van der Waals surface area (Å²) in [7, 11) is -3.44. The SMILES string of the molecule is C[C@H](CNC(=O)c1ccc(S(=O)(=O)N2CCCC2)cc1)c1ccccc1. The van der Waals surface area contributed by atoms with Crippen molar-refractivity contribution in [1.29, 1.82) is 0 Å². The van der Waals surface area contributed by atoms with Crippen LogP contribution in [0, 0.1) is 0 Å². The Morgan fingerprint density at radius 3 is 2.27 bits per heavy atom. The Labute approximate surface area is 155 Å². The lowest BCUT2D eigenvalue weighted by Crippen LogP contribution is -2.29. The highest BCUT2D eigenvalue weighted by atomic mass is 32.2. The van der Waals surface area contributed by atoms with E-state index in [2.05, 4.69) is 12.2 Å². The van der Waals surface area contributed by atoms with Gasteiger partial charge in [-0.2, -0.15) is 4.31 Å². The predicted octanol–water partition coefficient (Wildman–Crippen LogP) is 3.00. The molecule has 2 aromatic carbocycles. The topological polar surface area (TPSA) is 66.5 Å². The average molecular weight is 372 g/mol. The second-order valence-corrected chi connectivity index (χ2v) is 8.60. The van der Waals surface area contributed by atoms with Crippen LogP contribution in [0.4, 0.5) is 0 Å². The molecule has 1 aliphatic heterocycles. The van der Waals surface area contributed by atoms with Gasteiger partial charge in [0, 0.05) is 25.2 Å². The molecule has 1 heterocycles. The van der Waals surface area contributed by atoms with Crippen LogP contribution < -0.4 is 5.32 Å². The quantitative estimate of drug-likeness (QED) is 0.848. The Morgan fingerprint density at radius 2 is 1.65 bits per heavy atom. The third kappa shape index (κ3) is 4.14. The van der Waals surface area contributed by atoms with Gasteiger partial charge in [0.05, 0.1) is 4.90 Å². The van der Waals surface area contributed by atoms with E-state index in [1.165, 1.54) is 22.0 Å². The van der Waals surface area contributed by atoms with Crippen molar-refractivity contribution in [3.63, 3.8) is 0 Å². The first-order chi connectivity index (χ1) is 12.5. The molecule has 3 rings (SSSR count). The molecule has 1 atom stereocenters. The molecule has 0 aliphatic carbocycles. The van der Waals surface area contributed by atoms with Crippen LogP contribution in [0.2, 0.25) is 0 Å². The molecule has 0 saturated carbocycles.